The van der Waals surface area contributed by atoms with Crippen LogP contribution in [0.3, 0.4) is 0 Å². The highest BCUT2D eigenvalue weighted by molar-refractivity contribution is 5.92. The van der Waals surface area contributed by atoms with E-state index in [2.05, 4.69) is 10.3 Å². The molecule has 0 saturated heterocycles. The lowest BCUT2D eigenvalue weighted by Gasteiger charge is -2.11. The highest BCUT2D eigenvalue weighted by atomic mass is 19.4. The molecule has 0 amide bonds. The SMILES string of the molecule is CC(C)CN=C(N)Nc1ccc(F)c(C(F)(F)F)c1. The average Bonchev–Trinajstić information content (AvgIpc) is 2.27. The molecular formula is C12H15F4N3. The Bertz CT molecular complexity index is 467. The van der Waals surface area contributed by atoms with E-state index < -0.39 is 17.6 Å². The maximum atomic E-state index is 13.0. The molecule has 0 unspecified atom stereocenters. The summed E-state index contributed by atoms with van der Waals surface area (Å²) in [5, 5.41) is 2.50. The van der Waals surface area contributed by atoms with E-state index in [1.165, 1.54) is 6.07 Å². The van der Waals surface area contributed by atoms with E-state index in [1.807, 2.05) is 13.8 Å². The molecule has 0 fully saturated rings. The van der Waals surface area contributed by atoms with Crippen LogP contribution in [-0.4, -0.2) is 12.5 Å². The number of nitrogens with two attached hydrogens (primary N) is 1. The Labute approximate surface area is 108 Å². The summed E-state index contributed by atoms with van der Waals surface area (Å²) in [6, 6.07) is 2.57. The molecule has 3 N–H and O–H groups in total. The molecule has 0 aliphatic heterocycles. The third-order valence-corrected chi connectivity index (χ3v) is 2.17. The Morgan fingerprint density at radius 1 is 1.37 bits per heavy atom. The molecule has 0 spiro atoms. The van der Waals surface area contributed by atoms with Gasteiger partial charge < -0.3 is 11.1 Å². The van der Waals surface area contributed by atoms with E-state index >= 15 is 0 Å². The lowest BCUT2D eigenvalue weighted by atomic mass is 10.2. The van der Waals surface area contributed by atoms with Gasteiger partial charge in [0.2, 0.25) is 0 Å². The van der Waals surface area contributed by atoms with Gasteiger partial charge in [0.05, 0.1) is 5.56 Å². The molecule has 0 saturated carbocycles. The van der Waals surface area contributed by atoms with Crippen molar-refractivity contribution in [2.75, 3.05) is 11.9 Å². The van der Waals surface area contributed by atoms with Gasteiger partial charge in [-0.15, -0.1) is 0 Å². The second-order valence-corrected chi connectivity index (χ2v) is 4.44. The van der Waals surface area contributed by atoms with Gasteiger partial charge in [0, 0.05) is 12.2 Å². The topological polar surface area (TPSA) is 50.4 Å². The third kappa shape index (κ3) is 4.76. The first kappa shape index (κ1) is 15.3. The predicted molar refractivity (Wildman–Crippen MR) is 66.4 cm³/mol. The molecule has 0 aliphatic carbocycles. The molecule has 7 heteroatoms. The number of hydrogen-bond donors (Lipinski definition) is 2. The number of nitrogens with one attached hydrogen (secondary N) is 1. The smallest absolute Gasteiger partial charge is 0.370 e. The highest BCUT2D eigenvalue weighted by Gasteiger charge is 2.34. The quantitative estimate of drug-likeness (QED) is 0.506. The summed E-state index contributed by atoms with van der Waals surface area (Å²) in [7, 11) is 0. The summed E-state index contributed by atoms with van der Waals surface area (Å²) >= 11 is 0. The van der Waals surface area contributed by atoms with Crippen LogP contribution in [0.1, 0.15) is 19.4 Å². The molecular weight excluding hydrogens is 262 g/mol. The molecule has 0 bridgehead atoms. The van der Waals surface area contributed by atoms with Crippen LogP contribution in [0.15, 0.2) is 23.2 Å². The zero-order valence-corrected chi connectivity index (χ0v) is 10.6. The maximum Gasteiger partial charge on any atom is 0.419 e. The average molecular weight is 277 g/mol. The van der Waals surface area contributed by atoms with E-state index in [-0.39, 0.29) is 17.6 Å². The molecule has 0 aliphatic rings. The third-order valence-electron chi connectivity index (χ3n) is 2.17. The van der Waals surface area contributed by atoms with Crippen molar-refractivity contribution in [2.24, 2.45) is 16.6 Å². The Balaban J connectivity index is 2.89. The van der Waals surface area contributed by atoms with Gasteiger partial charge in [-0.2, -0.15) is 13.2 Å². The van der Waals surface area contributed by atoms with Gasteiger partial charge in [0.25, 0.3) is 0 Å². The first-order valence-electron chi connectivity index (χ1n) is 5.64. The van der Waals surface area contributed by atoms with E-state index in [0.717, 1.165) is 6.07 Å². The minimum atomic E-state index is -4.74. The summed E-state index contributed by atoms with van der Waals surface area (Å²) in [5.41, 5.74) is 4.22. The second kappa shape index (κ2) is 5.90. The number of benzene rings is 1. The number of halogens is 4. The zero-order chi connectivity index (χ0) is 14.6. The van der Waals surface area contributed by atoms with Gasteiger partial charge >= 0.3 is 6.18 Å². The van der Waals surface area contributed by atoms with Gasteiger partial charge in [0.1, 0.15) is 5.82 Å². The fraction of sp³-hybridized carbons (Fsp3) is 0.417. The number of aliphatic imine (C=N–C) groups is 1. The van der Waals surface area contributed by atoms with E-state index in [4.69, 9.17) is 5.73 Å². The van der Waals surface area contributed by atoms with Gasteiger partial charge in [-0.05, 0) is 24.1 Å². The number of guanidine groups is 1. The number of anilines is 1. The molecule has 1 rings (SSSR count). The number of nitrogens with zero attached hydrogens (tertiary/aromatic N) is 1. The standard InChI is InChI=1S/C12H15F4N3/c1-7(2)6-18-11(17)19-8-3-4-10(13)9(5-8)12(14,15)16/h3-5,7H,6H2,1-2H3,(H3,17,18,19). The van der Waals surface area contributed by atoms with Crippen molar-refractivity contribution < 1.29 is 17.6 Å². The monoisotopic (exact) mass is 277 g/mol. The largest absolute Gasteiger partial charge is 0.419 e. The lowest BCUT2D eigenvalue weighted by Crippen LogP contribution is -2.23. The molecule has 0 heterocycles. The van der Waals surface area contributed by atoms with E-state index in [0.29, 0.717) is 12.6 Å². The normalized spacial score (nSPS) is 12.9. The van der Waals surface area contributed by atoms with Crippen LogP contribution in [0.4, 0.5) is 23.2 Å². The highest BCUT2D eigenvalue weighted by Crippen LogP contribution is 2.32. The van der Waals surface area contributed by atoms with Gasteiger partial charge in [-0.1, -0.05) is 13.8 Å². The Hall–Kier alpha value is -1.79. The molecule has 0 radical (unpaired) electrons. The fourth-order valence-electron chi connectivity index (χ4n) is 1.29. The van der Waals surface area contributed by atoms with Crippen molar-refractivity contribution in [1.29, 1.82) is 0 Å². The molecule has 0 atom stereocenters. The Kier molecular flexibility index (Phi) is 4.74. The van der Waals surface area contributed by atoms with Crippen molar-refractivity contribution in [3.05, 3.63) is 29.6 Å². The van der Waals surface area contributed by atoms with Gasteiger partial charge in [-0.3, -0.25) is 4.99 Å². The van der Waals surface area contributed by atoms with E-state index in [1.54, 1.807) is 0 Å². The van der Waals surface area contributed by atoms with Crippen LogP contribution in [0, 0.1) is 11.7 Å². The van der Waals surface area contributed by atoms with Crippen molar-refractivity contribution in [1.82, 2.24) is 0 Å². The number of hydrogen-bond acceptors (Lipinski definition) is 1. The van der Waals surface area contributed by atoms with Crippen LogP contribution in [0.2, 0.25) is 0 Å². The molecule has 3 nitrogen and oxygen atoms in total. The van der Waals surface area contributed by atoms with Crippen molar-refractivity contribution in [2.45, 2.75) is 20.0 Å². The summed E-state index contributed by atoms with van der Waals surface area (Å²) in [6.45, 7) is 4.30. The summed E-state index contributed by atoms with van der Waals surface area (Å²) in [4.78, 5) is 3.94. The van der Waals surface area contributed by atoms with Crippen LogP contribution >= 0.6 is 0 Å². The van der Waals surface area contributed by atoms with Crippen molar-refractivity contribution in [3.63, 3.8) is 0 Å². The number of alkyl halides is 3. The zero-order valence-electron chi connectivity index (χ0n) is 10.6. The first-order chi connectivity index (χ1) is 8.70. The molecule has 19 heavy (non-hydrogen) atoms. The fourth-order valence-corrected chi connectivity index (χ4v) is 1.29. The molecule has 0 aromatic heterocycles. The van der Waals surface area contributed by atoms with Crippen LogP contribution in [-0.2, 0) is 6.18 Å². The molecule has 1 aromatic carbocycles. The van der Waals surface area contributed by atoms with E-state index in [9.17, 15) is 17.6 Å². The van der Waals surface area contributed by atoms with Crippen LogP contribution in [0.5, 0.6) is 0 Å². The Morgan fingerprint density at radius 3 is 2.53 bits per heavy atom. The lowest BCUT2D eigenvalue weighted by molar-refractivity contribution is -0.139. The van der Waals surface area contributed by atoms with Gasteiger partial charge in [-0.25, -0.2) is 4.39 Å². The first-order valence-corrected chi connectivity index (χ1v) is 5.64. The number of rotatable bonds is 3. The Morgan fingerprint density at radius 2 is 2.00 bits per heavy atom. The summed E-state index contributed by atoms with van der Waals surface area (Å²) in [5.74, 6) is -1.05. The second-order valence-electron chi connectivity index (χ2n) is 4.44. The molecule has 106 valence electrons. The molecule has 1 aromatic rings. The summed E-state index contributed by atoms with van der Waals surface area (Å²) in [6.07, 6.45) is -4.74. The van der Waals surface area contributed by atoms with Crippen molar-refractivity contribution in [3.8, 4) is 0 Å². The predicted octanol–water partition coefficient (Wildman–Crippen LogP) is 3.23. The summed E-state index contributed by atoms with van der Waals surface area (Å²) < 4.78 is 50.5. The minimum absolute atomic E-state index is 0.00608. The van der Waals surface area contributed by atoms with Crippen molar-refractivity contribution >= 4 is 11.6 Å². The van der Waals surface area contributed by atoms with Crippen LogP contribution < -0.4 is 11.1 Å². The maximum absolute atomic E-state index is 13.0. The van der Waals surface area contributed by atoms with Gasteiger partial charge in [0.15, 0.2) is 5.96 Å². The van der Waals surface area contributed by atoms with Crippen LogP contribution in [0.25, 0.3) is 0 Å². The minimum Gasteiger partial charge on any atom is -0.370 e.